The van der Waals surface area contributed by atoms with Crippen molar-refractivity contribution in [3.8, 4) is 5.88 Å². The van der Waals surface area contributed by atoms with Crippen LogP contribution in [0.15, 0.2) is 18.3 Å². The summed E-state index contributed by atoms with van der Waals surface area (Å²) in [6.07, 6.45) is 3.57. The highest BCUT2D eigenvalue weighted by Gasteiger charge is 2.17. The lowest BCUT2D eigenvalue weighted by Gasteiger charge is -2.12. The lowest BCUT2D eigenvalue weighted by molar-refractivity contribution is 0.0947. The fraction of sp³-hybridized carbons (Fsp3) is 0.600. The van der Waals surface area contributed by atoms with Crippen molar-refractivity contribution in [2.24, 2.45) is 5.92 Å². The smallest absolute Gasteiger partial charge is 0.252 e. The van der Waals surface area contributed by atoms with Crippen LogP contribution >= 0.6 is 0 Å². The van der Waals surface area contributed by atoms with Gasteiger partial charge in [-0.2, -0.15) is 0 Å². The molecule has 0 bridgehead atoms. The summed E-state index contributed by atoms with van der Waals surface area (Å²) < 4.78 is 10.9. The van der Waals surface area contributed by atoms with E-state index in [-0.39, 0.29) is 12.0 Å². The fourth-order valence-corrected chi connectivity index (χ4v) is 1.87. The van der Waals surface area contributed by atoms with Crippen LogP contribution in [0.1, 0.15) is 37.0 Å². The van der Waals surface area contributed by atoms with Crippen LogP contribution in [0.2, 0.25) is 0 Å². The van der Waals surface area contributed by atoms with Gasteiger partial charge in [-0.3, -0.25) is 4.79 Å². The van der Waals surface area contributed by atoms with Gasteiger partial charge in [0.25, 0.3) is 5.91 Å². The third kappa shape index (κ3) is 4.20. The summed E-state index contributed by atoms with van der Waals surface area (Å²) in [5, 5.41) is 2.90. The van der Waals surface area contributed by atoms with Crippen LogP contribution in [0, 0.1) is 5.92 Å². The lowest BCUT2D eigenvalue weighted by atomic mass is 10.1. The van der Waals surface area contributed by atoms with Gasteiger partial charge >= 0.3 is 0 Å². The zero-order valence-corrected chi connectivity index (χ0v) is 12.1. The number of nitrogens with zero attached hydrogens (tertiary/aromatic N) is 1. The summed E-state index contributed by atoms with van der Waals surface area (Å²) in [4.78, 5) is 16.1. The minimum atomic E-state index is -0.0893. The maximum atomic E-state index is 11.9. The molecule has 2 rings (SSSR count). The van der Waals surface area contributed by atoms with E-state index in [1.54, 1.807) is 18.3 Å². The van der Waals surface area contributed by atoms with Crippen LogP contribution in [0.3, 0.4) is 0 Å². The highest BCUT2D eigenvalue weighted by atomic mass is 16.5. The van der Waals surface area contributed by atoms with Crippen molar-refractivity contribution in [3.63, 3.8) is 0 Å². The Morgan fingerprint density at radius 1 is 1.60 bits per heavy atom. The van der Waals surface area contributed by atoms with E-state index in [4.69, 9.17) is 9.47 Å². The first-order valence-corrected chi connectivity index (χ1v) is 7.17. The summed E-state index contributed by atoms with van der Waals surface area (Å²) in [6.45, 7) is 6.25. The van der Waals surface area contributed by atoms with Gasteiger partial charge in [-0.15, -0.1) is 0 Å². The van der Waals surface area contributed by atoms with Gasteiger partial charge < -0.3 is 14.8 Å². The SMILES string of the molecule is CCC(C)CNC(=O)c1ccc(OC2CCOC2)nc1. The standard InChI is InChI=1S/C15H22N2O3/c1-3-11(2)8-17-15(18)12-4-5-14(16-9-12)20-13-6-7-19-10-13/h4-5,9,11,13H,3,6-8,10H2,1-2H3,(H,17,18). The number of rotatable bonds is 6. The third-order valence-corrected chi connectivity index (χ3v) is 3.48. The fourth-order valence-electron chi connectivity index (χ4n) is 1.87. The van der Waals surface area contributed by atoms with Gasteiger partial charge in [0.1, 0.15) is 6.10 Å². The molecule has 0 aliphatic carbocycles. The molecule has 1 saturated heterocycles. The van der Waals surface area contributed by atoms with Crippen molar-refractivity contribution >= 4 is 5.91 Å². The van der Waals surface area contributed by atoms with Gasteiger partial charge in [-0.1, -0.05) is 20.3 Å². The molecular weight excluding hydrogens is 256 g/mol. The first kappa shape index (κ1) is 14.8. The van der Waals surface area contributed by atoms with Gasteiger partial charge in [-0.25, -0.2) is 4.98 Å². The van der Waals surface area contributed by atoms with E-state index >= 15 is 0 Å². The van der Waals surface area contributed by atoms with Crippen LogP contribution in [-0.4, -0.2) is 36.8 Å². The zero-order chi connectivity index (χ0) is 14.4. The Kier molecular flexibility index (Phi) is 5.35. The predicted molar refractivity (Wildman–Crippen MR) is 75.9 cm³/mol. The number of pyridine rings is 1. The Morgan fingerprint density at radius 3 is 3.05 bits per heavy atom. The molecule has 1 aliphatic rings. The van der Waals surface area contributed by atoms with E-state index in [9.17, 15) is 4.79 Å². The Morgan fingerprint density at radius 2 is 2.45 bits per heavy atom. The molecule has 2 unspecified atom stereocenters. The maximum absolute atomic E-state index is 11.9. The van der Waals surface area contributed by atoms with Crippen molar-refractivity contribution in [1.29, 1.82) is 0 Å². The van der Waals surface area contributed by atoms with Gasteiger partial charge in [0.15, 0.2) is 0 Å². The molecule has 2 heterocycles. The van der Waals surface area contributed by atoms with E-state index in [0.717, 1.165) is 19.4 Å². The summed E-state index contributed by atoms with van der Waals surface area (Å²) in [5.41, 5.74) is 0.559. The minimum Gasteiger partial charge on any atom is -0.472 e. The molecule has 20 heavy (non-hydrogen) atoms. The van der Waals surface area contributed by atoms with Crippen molar-refractivity contribution in [2.75, 3.05) is 19.8 Å². The van der Waals surface area contributed by atoms with Crippen LogP contribution in [-0.2, 0) is 4.74 Å². The molecular formula is C15H22N2O3. The molecule has 1 aromatic rings. The number of aromatic nitrogens is 1. The molecule has 5 heteroatoms. The Bertz CT molecular complexity index is 427. The molecule has 110 valence electrons. The van der Waals surface area contributed by atoms with Gasteiger partial charge in [0.05, 0.1) is 18.8 Å². The largest absolute Gasteiger partial charge is 0.472 e. The Balaban J connectivity index is 1.85. The van der Waals surface area contributed by atoms with Crippen molar-refractivity contribution < 1.29 is 14.3 Å². The van der Waals surface area contributed by atoms with Crippen LogP contribution < -0.4 is 10.1 Å². The molecule has 2 atom stereocenters. The lowest BCUT2D eigenvalue weighted by Crippen LogP contribution is -2.28. The first-order valence-electron chi connectivity index (χ1n) is 7.17. The van der Waals surface area contributed by atoms with Crippen LogP contribution in [0.4, 0.5) is 0 Å². The second kappa shape index (κ2) is 7.24. The molecule has 0 aromatic carbocycles. The average Bonchev–Trinajstić information content (AvgIpc) is 2.98. The first-order chi connectivity index (χ1) is 9.69. The highest BCUT2D eigenvalue weighted by molar-refractivity contribution is 5.93. The van der Waals surface area contributed by atoms with E-state index in [1.807, 2.05) is 0 Å². The van der Waals surface area contributed by atoms with Gasteiger partial charge in [0.2, 0.25) is 5.88 Å². The number of ether oxygens (including phenoxy) is 2. The van der Waals surface area contributed by atoms with Crippen molar-refractivity contribution in [1.82, 2.24) is 10.3 Å². The Labute approximate surface area is 119 Å². The third-order valence-electron chi connectivity index (χ3n) is 3.48. The number of carbonyl (C=O) groups is 1. The van der Waals surface area contributed by atoms with E-state index in [2.05, 4.69) is 24.1 Å². The number of hydrogen-bond acceptors (Lipinski definition) is 4. The summed E-state index contributed by atoms with van der Waals surface area (Å²) in [6, 6.07) is 3.47. The molecule has 5 nitrogen and oxygen atoms in total. The van der Waals surface area contributed by atoms with Crippen molar-refractivity contribution in [3.05, 3.63) is 23.9 Å². The Hall–Kier alpha value is -1.62. The average molecular weight is 278 g/mol. The van der Waals surface area contributed by atoms with Crippen molar-refractivity contribution in [2.45, 2.75) is 32.8 Å². The number of hydrogen-bond donors (Lipinski definition) is 1. The topological polar surface area (TPSA) is 60.5 Å². The summed E-state index contributed by atoms with van der Waals surface area (Å²) >= 11 is 0. The molecule has 1 aromatic heterocycles. The van der Waals surface area contributed by atoms with E-state index < -0.39 is 0 Å². The summed E-state index contributed by atoms with van der Waals surface area (Å²) in [7, 11) is 0. The minimum absolute atomic E-state index is 0.0765. The molecule has 0 radical (unpaired) electrons. The molecule has 0 spiro atoms. The predicted octanol–water partition coefficient (Wildman–Crippen LogP) is 2.03. The highest BCUT2D eigenvalue weighted by Crippen LogP contribution is 2.14. The van der Waals surface area contributed by atoms with E-state index in [1.165, 1.54) is 0 Å². The zero-order valence-electron chi connectivity index (χ0n) is 12.1. The molecule has 1 N–H and O–H groups in total. The van der Waals surface area contributed by atoms with Crippen LogP contribution in [0.5, 0.6) is 5.88 Å². The maximum Gasteiger partial charge on any atom is 0.252 e. The monoisotopic (exact) mass is 278 g/mol. The van der Waals surface area contributed by atoms with Crippen LogP contribution in [0.25, 0.3) is 0 Å². The molecule has 1 aliphatic heterocycles. The summed E-state index contributed by atoms with van der Waals surface area (Å²) in [5.74, 6) is 0.935. The number of carbonyl (C=O) groups excluding carboxylic acids is 1. The quantitative estimate of drug-likeness (QED) is 0.865. The van der Waals surface area contributed by atoms with E-state index in [0.29, 0.717) is 30.5 Å². The number of amides is 1. The van der Waals surface area contributed by atoms with Gasteiger partial charge in [-0.05, 0) is 12.0 Å². The normalized spacial score (nSPS) is 19.6. The molecule has 1 fully saturated rings. The number of nitrogens with one attached hydrogen (secondary N) is 1. The molecule has 0 saturated carbocycles. The second-order valence-electron chi connectivity index (χ2n) is 5.21. The van der Waals surface area contributed by atoms with Gasteiger partial charge in [0, 0.05) is 25.2 Å². The molecule has 1 amide bonds. The second-order valence-corrected chi connectivity index (χ2v) is 5.21.